The summed E-state index contributed by atoms with van der Waals surface area (Å²) in [6.07, 6.45) is 2.48. The molecule has 0 saturated carbocycles. The number of likely N-dealkylation sites (N-methyl/N-ethyl adjacent to an activating group) is 1. The average molecular weight is 512 g/mol. The third-order valence-electron chi connectivity index (χ3n) is 6.25. The maximum absolute atomic E-state index is 14.0. The van der Waals surface area contributed by atoms with Gasteiger partial charge in [0.25, 0.3) is 0 Å². The Kier molecular flexibility index (Phi) is 8.44. The molecule has 1 aliphatic rings. The van der Waals surface area contributed by atoms with Crippen molar-refractivity contribution in [2.45, 2.75) is 45.6 Å². The van der Waals surface area contributed by atoms with Crippen LogP contribution in [0, 0.1) is 5.82 Å². The Bertz CT molecular complexity index is 1170. The largest absolute Gasteiger partial charge is 0.489 e. The normalized spacial score (nSPS) is 15.8. The number of benzene rings is 2. The van der Waals surface area contributed by atoms with Gasteiger partial charge in [0, 0.05) is 44.5 Å². The molecule has 36 heavy (non-hydrogen) atoms. The van der Waals surface area contributed by atoms with E-state index in [2.05, 4.69) is 14.8 Å². The van der Waals surface area contributed by atoms with E-state index >= 15 is 0 Å². The second-order valence-electron chi connectivity index (χ2n) is 9.25. The molecule has 1 atom stereocenters. The van der Waals surface area contributed by atoms with E-state index in [1.807, 2.05) is 45.2 Å². The number of carbonyl (C=O) groups excluding carboxylic acids is 1. The van der Waals surface area contributed by atoms with E-state index in [0.717, 1.165) is 31.6 Å². The van der Waals surface area contributed by atoms with Crippen LogP contribution in [0.25, 0.3) is 0 Å². The number of esters is 1. The monoisotopic (exact) mass is 511 g/mol. The van der Waals surface area contributed by atoms with Gasteiger partial charge in [0.1, 0.15) is 29.6 Å². The third-order valence-corrected chi connectivity index (χ3v) is 6.61. The molecule has 0 aliphatic carbocycles. The van der Waals surface area contributed by atoms with E-state index < -0.39 is 0 Å². The summed E-state index contributed by atoms with van der Waals surface area (Å²) < 4.78 is 25.1. The zero-order valence-corrected chi connectivity index (χ0v) is 21.5. The first-order chi connectivity index (χ1) is 17.3. The summed E-state index contributed by atoms with van der Waals surface area (Å²) in [4.78, 5) is 21.5. The molecule has 4 rings (SSSR count). The van der Waals surface area contributed by atoms with Gasteiger partial charge in [-0.3, -0.25) is 4.90 Å². The Morgan fingerprint density at radius 2 is 1.97 bits per heavy atom. The predicted molar refractivity (Wildman–Crippen MR) is 139 cm³/mol. The zero-order chi connectivity index (χ0) is 25.7. The number of nitrogens with zero attached hydrogens (tertiary/aromatic N) is 3. The van der Waals surface area contributed by atoms with Gasteiger partial charge < -0.3 is 14.4 Å². The maximum atomic E-state index is 14.0. The number of aromatic nitrogens is 1. The minimum absolute atomic E-state index is 0.0746. The zero-order valence-electron chi connectivity index (χ0n) is 20.8. The highest BCUT2D eigenvalue weighted by molar-refractivity contribution is 6.31. The molecule has 1 saturated heterocycles. The van der Waals surface area contributed by atoms with Crippen molar-refractivity contribution in [1.82, 2.24) is 9.88 Å². The highest BCUT2D eigenvalue weighted by Gasteiger charge is 2.29. The van der Waals surface area contributed by atoms with Gasteiger partial charge >= 0.3 is 5.97 Å². The lowest BCUT2D eigenvalue weighted by molar-refractivity contribution is 0.0378. The van der Waals surface area contributed by atoms with Crippen LogP contribution in [0.15, 0.2) is 60.8 Å². The van der Waals surface area contributed by atoms with Crippen LogP contribution in [0.2, 0.25) is 5.02 Å². The van der Waals surface area contributed by atoms with Crippen LogP contribution in [-0.2, 0) is 17.9 Å². The van der Waals surface area contributed by atoms with Crippen molar-refractivity contribution in [1.29, 1.82) is 0 Å². The predicted octanol–water partition coefficient (Wildman–Crippen LogP) is 5.73. The van der Waals surface area contributed by atoms with Gasteiger partial charge in [-0.2, -0.15) is 0 Å². The lowest BCUT2D eigenvalue weighted by atomic mass is 10.2. The van der Waals surface area contributed by atoms with Crippen molar-refractivity contribution in [3.63, 3.8) is 0 Å². The van der Waals surface area contributed by atoms with Gasteiger partial charge in [-0.05, 0) is 62.2 Å². The van der Waals surface area contributed by atoms with Crippen LogP contribution in [0.4, 0.5) is 10.2 Å². The molecule has 2 heterocycles. The molecular formula is C28H31ClFN3O3. The number of hydrogen-bond acceptors (Lipinski definition) is 6. The molecule has 1 aromatic heterocycles. The summed E-state index contributed by atoms with van der Waals surface area (Å²) in [7, 11) is 1.98. The van der Waals surface area contributed by atoms with E-state index in [1.54, 1.807) is 30.5 Å². The molecule has 1 aliphatic heterocycles. The fraction of sp³-hybridized carbons (Fsp3) is 0.357. The molecule has 2 aromatic carbocycles. The lowest BCUT2D eigenvalue weighted by Crippen LogP contribution is -2.36. The number of rotatable bonds is 9. The molecule has 0 spiro atoms. The molecule has 0 bridgehead atoms. The number of carbonyl (C=O) groups is 1. The standard InChI is InChI=1S/C28H31ClFN3O3/c1-19(2)36-28(34)23-6-5-14-31-27(23)32(3)21-13-15-33(17-21)16-20-9-11-22(12-10-20)35-18-24-25(29)7-4-8-26(24)30/h4-12,14,19,21H,13,15-18H2,1-3H3. The van der Waals surface area contributed by atoms with Crippen molar-refractivity contribution in [2.24, 2.45) is 0 Å². The van der Waals surface area contributed by atoms with Gasteiger partial charge in [-0.25, -0.2) is 14.2 Å². The summed E-state index contributed by atoms with van der Waals surface area (Å²) in [5.41, 5.74) is 2.00. The minimum atomic E-state index is -0.373. The van der Waals surface area contributed by atoms with Crippen LogP contribution >= 0.6 is 11.6 Å². The molecule has 6 nitrogen and oxygen atoms in total. The fourth-order valence-electron chi connectivity index (χ4n) is 4.33. The van der Waals surface area contributed by atoms with Gasteiger partial charge in [0.2, 0.25) is 0 Å². The van der Waals surface area contributed by atoms with Gasteiger partial charge in [0.05, 0.1) is 11.1 Å². The number of halogens is 2. The van der Waals surface area contributed by atoms with E-state index in [9.17, 15) is 9.18 Å². The Labute approximate surface area is 216 Å². The highest BCUT2D eigenvalue weighted by atomic mass is 35.5. The second-order valence-corrected chi connectivity index (χ2v) is 9.66. The molecule has 3 aromatic rings. The van der Waals surface area contributed by atoms with Gasteiger partial charge in [-0.15, -0.1) is 0 Å². The second kappa shape index (κ2) is 11.7. The smallest absolute Gasteiger partial charge is 0.342 e. The van der Waals surface area contributed by atoms with E-state index in [4.69, 9.17) is 21.1 Å². The molecule has 0 radical (unpaired) electrons. The fourth-order valence-corrected chi connectivity index (χ4v) is 4.55. The first-order valence-corrected chi connectivity index (χ1v) is 12.5. The molecule has 8 heteroatoms. The van der Waals surface area contributed by atoms with Crippen LogP contribution in [0.1, 0.15) is 41.8 Å². The van der Waals surface area contributed by atoms with Crippen molar-refractivity contribution in [3.05, 3.63) is 88.3 Å². The van der Waals surface area contributed by atoms with Crippen molar-refractivity contribution < 1.29 is 18.7 Å². The Morgan fingerprint density at radius 1 is 1.19 bits per heavy atom. The first kappa shape index (κ1) is 25.9. The number of pyridine rings is 1. The topological polar surface area (TPSA) is 54.9 Å². The van der Waals surface area contributed by atoms with E-state index in [1.165, 1.54) is 6.07 Å². The lowest BCUT2D eigenvalue weighted by Gasteiger charge is -2.27. The molecule has 0 amide bonds. The number of anilines is 1. The van der Waals surface area contributed by atoms with Crippen LogP contribution in [-0.4, -0.2) is 48.1 Å². The SMILES string of the molecule is CC(C)OC(=O)c1cccnc1N(C)C1CCN(Cc2ccc(OCc3c(F)cccc3Cl)cc2)C1. The van der Waals surface area contributed by atoms with Gasteiger partial charge in [0.15, 0.2) is 0 Å². The maximum Gasteiger partial charge on any atom is 0.342 e. The third kappa shape index (κ3) is 6.33. The summed E-state index contributed by atoms with van der Waals surface area (Å²) in [5.74, 6) is 0.580. The summed E-state index contributed by atoms with van der Waals surface area (Å²) >= 11 is 6.08. The number of ether oxygens (including phenoxy) is 2. The molecule has 1 unspecified atom stereocenters. The molecule has 190 valence electrons. The number of hydrogen-bond donors (Lipinski definition) is 0. The Balaban J connectivity index is 1.33. The van der Waals surface area contributed by atoms with Gasteiger partial charge in [-0.1, -0.05) is 29.8 Å². The highest BCUT2D eigenvalue weighted by Crippen LogP contribution is 2.26. The first-order valence-electron chi connectivity index (χ1n) is 12.1. The number of likely N-dealkylation sites (tertiary alicyclic amines) is 1. The molecule has 0 N–H and O–H groups in total. The van der Waals surface area contributed by atoms with Crippen LogP contribution in [0.3, 0.4) is 0 Å². The summed E-state index contributed by atoms with van der Waals surface area (Å²) in [6.45, 7) is 6.35. The Hall–Kier alpha value is -3.16. The minimum Gasteiger partial charge on any atom is -0.489 e. The van der Waals surface area contributed by atoms with Crippen LogP contribution in [0.5, 0.6) is 5.75 Å². The Morgan fingerprint density at radius 3 is 2.69 bits per heavy atom. The van der Waals surface area contributed by atoms with Crippen LogP contribution < -0.4 is 9.64 Å². The van der Waals surface area contributed by atoms with E-state index in [-0.39, 0.29) is 30.5 Å². The summed E-state index contributed by atoms with van der Waals surface area (Å²) in [5, 5.41) is 0.356. The molecule has 1 fully saturated rings. The quantitative estimate of drug-likeness (QED) is 0.342. The average Bonchev–Trinajstić information content (AvgIpc) is 3.32. The van der Waals surface area contributed by atoms with E-state index in [0.29, 0.717) is 27.7 Å². The summed E-state index contributed by atoms with van der Waals surface area (Å²) in [6, 6.07) is 16.2. The van der Waals surface area contributed by atoms with Crippen molar-refractivity contribution in [2.75, 3.05) is 25.0 Å². The van der Waals surface area contributed by atoms with Crippen molar-refractivity contribution in [3.8, 4) is 5.75 Å². The van der Waals surface area contributed by atoms with Crippen molar-refractivity contribution >= 4 is 23.4 Å². The molecular weight excluding hydrogens is 481 g/mol.